The monoisotopic (exact) mass is 341 g/mol. The van der Waals surface area contributed by atoms with Crippen molar-refractivity contribution >= 4 is 0 Å². The minimum absolute atomic E-state index is 0.0154. The molecule has 4 rings (SSSR count). The SMILES string of the molecule is c1ccc(C(NCc2nncn2-c2ccccc2)c2ccccn2)cc1. The van der Waals surface area contributed by atoms with Crippen LogP contribution in [0.2, 0.25) is 0 Å². The molecule has 0 spiro atoms. The summed E-state index contributed by atoms with van der Waals surface area (Å²) in [6, 6.07) is 26.4. The maximum atomic E-state index is 4.53. The third kappa shape index (κ3) is 3.53. The number of para-hydroxylation sites is 1. The van der Waals surface area contributed by atoms with Crippen molar-refractivity contribution in [3.8, 4) is 5.69 Å². The van der Waals surface area contributed by atoms with Gasteiger partial charge in [-0.15, -0.1) is 10.2 Å². The van der Waals surface area contributed by atoms with Crippen molar-refractivity contribution < 1.29 is 0 Å². The molecule has 1 N–H and O–H groups in total. The first-order valence-corrected chi connectivity index (χ1v) is 8.55. The first-order valence-electron chi connectivity index (χ1n) is 8.55. The Kier molecular flexibility index (Phi) is 4.80. The van der Waals surface area contributed by atoms with E-state index in [9.17, 15) is 0 Å². The van der Waals surface area contributed by atoms with Crippen LogP contribution in [0.1, 0.15) is 23.1 Å². The molecule has 0 radical (unpaired) electrons. The van der Waals surface area contributed by atoms with Gasteiger partial charge >= 0.3 is 0 Å². The van der Waals surface area contributed by atoms with Gasteiger partial charge < -0.3 is 0 Å². The summed E-state index contributed by atoms with van der Waals surface area (Å²) < 4.78 is 1.99. The predicted molar refractivity (Wildman–Crippen MR) is 101 cm³/mol. The first-order chi connectivity index (χ1) is 12.9. The second-order valence-corrected chi connectivity index (χ2v) is 5.93. The minimum atomic E-state index is -0.0154. The van der Waals surface area contributed by atoms with Gasteiger partial charge in [-0.1, -0.05) is 54.6 Å². The lowest BCUT2D eigenvalue weighted by molar-refractivity contribution is 0.569. The highest BCUT2D eigenvalue weighted by molar-refractivity contribution is 5.32. The van der Waals surface area contributed by atoms with E-state index in [1.165, 1.54) is 0 Å². The summed E-state index contributed by atoms with van der Waals surface area (Å²) in [7, 11) is 0. The second kappa shape index (κ2) is 7.72. The molecular formula is C21H19N5. The Hall–Kier alpha value is -3.31. The summed E-state index contributed by atoms with van der Waals surface area (Å²) in [5.74, 6) is 0.855. The van der Waals surface area contributed by atoms with Crippen molar-refractivity contribution in [3.63, 3.8) is 0 Å². The maximum absolute atomic E-state index is 4.53. The van der Waals surface area contributed by atoms with Crippen LogP contribution in [-0.4, -0.2) is 19.7 Å². The third-order valence-electron chi connectivity index (χ3n) is 4.23. The average molecular weight is 341 g/mol. The molecule has 0 aliphatic carbocycles. The molecule has 0 aliphatic heterocycles. The molecule has 4 aromatic rings. The van der Waals surface area contributed by atoms with Crippen LogP contribution in [0.5, 0.6) is 0 Å². The molecule has 0 bridgehead atoms. The lowest BCUT2D eigenvalue weighted by Crippen LogP contribution is -2.24. The molecule has 2 aromatic heterocycles. The third-order valence-corrected chi connectivity index (χ3v) is 4.23. The fourth-order valence-electron chi connectivity index (χ4n) is 2.96. The second-order valence-electron chi connectivity index (χ2n) is 5.93. The van der Waals surface area contributed by atoms with Gasteiger partial charge in [0.2, 0.25) is 0 Å². The van der Waals surface area contributed by atoms with Crippen LogP contribution in [0.15, 0.2) is 91.4 Å². The molecule has 1 unspecified atom stereocenters. The normalized spacial score (nSPS) is 12.0. The van der Waals surface area contributed by atoms with Gasteiger partial charge in [0, 0.05) is 11.9 Å². The van der Waals surface area contributed by atoms with Crippen LogP contribution in [0.4, 0.5) is 0 Å². The number of rotatable bonds is 6. The zero-order chi connectivity index (χ0) is 17.6. The van der Waals surface area contributed by atoms with E-state index >= 15 is 0 Å². The molecule has 5 nitrogen and oxygen atoms in total. The Bertz CT molecular complexity index is 896. The van der Waals surface area contributed by atoms with Crippen LogP contribution >= 0.6 is 0 Å². The van der Waals surface area contributed by atoms with Gasteiger partial charge in [0.1, 0.15) is 6.33 Å². The number of aromatic nitrogens is 4. The fraction of sp³-hybridized carbons (Fsp3) is 0.0952. The molecule has 0 saturated carbocycles. The van der Waals surface area contributed by atoms with E-state index in [4.69, 9.17) is 0 Å². The maximum Gasteiger partial charge on any atom is 0.151 e. The molecule has 2 aromatic carbocycles. The Morgan fingerprint density at radius 1 is 0.846 bits per heavy atom. The number of nitrogens with one attached hydrogen (secondary N) is 1. The molecule has 5 heteroatoms. The Labute approximate surface area is 152 Å². The van der Waals surface area contributed by atoms with E-state index in [2.05, 4.69) is 32.6 Å². The van der Waals surface area contributed by atoms with Gasteiger partial charge in [0.15, 0.2) is 5.82 Å². The number of hydrogen-bond donors (Lipinski definition) is 1. The average Bonchev–Trinajstić information content (AvgIpc) is 3.19. The van der Waals surface area contributed by atoms with Gasteiger partial charge in [0.25, 0.3) is 0 Å². The van der Waals surface area contributed by atoms with Gasteiger partial charge in [-0.2, -0.15) is 0 Å². The van der Waals surface area contributed by atoms with Gasteiger partial charge in [-0.3, -0.25) is 14.9 Å². The molecule has 1 atom stereocenters. The van der Waals surface area contributed by atoms with Crippen molar-refractivity contribution in [2.45, 2.75) is 12.6 Å². The molecule has 128 valence electrons. The first kappa shape index (κ1) is 16.2. The van der Waals surface area contributed by atoms with Crippen LogP contribution in [0.25, 0.3) is 5.69 Å². The number of hydrogen-bond acceptors (Lipinski definition) is 4. The van der Waals surface area contributed by atoms with Crippen LogP contribution in [0.3, 0.4) is 0 Å². The van der Waals surface area contributed by atoms with E-state index in [1.807, 2.05) is 77.5 Å². The molecular weight excluding hydrogens is 322 g/mol. The van der Waals surface area contributed by atoms with Gasteiger partial charge in [0.05, 0.1) is 18.3 Å². The van der Waals surface area contributed by atoms with Crippen molar-refractivity contribution in [2.75, 3.05) is 0 Å². The Morgan fingerprint density at radius 3 is 2.31 bits per heavy atom. The molecule has 0 amide bonds. The van der Waals surface area contributed by atoms with Gasteiger partial charge in [-0.05, 0) is 29.8 Å². The minimum Gasteiger partial charge on any atom is -0.298 e. The van der Waals surface area contributed by atoms with E-state index in [0.717, 1.165) is 22.8 Å². The standard InChI is InChI=1S/C21H19N5/c1-3-9-17(10-4-1)21(19-13-7-8-14-22-19)23-15-20-25-24-16-26(20)18-11-5-2-6-12-18/h1-14,16,21,23H,15H2. The fourth-order valence-corrected chi connectivity index (χ4v) is 2.96. The van der Waals surface area contributed by atoms with Crippen LogP contribution in [-0.2, 0) is 6.54 Å². The summed E-state index contributed by atoms with van der Waals surface area (Å²) in [6.07, 6.45) is 3.56. The molecule has 2 heterocycles. The van der Waals surface area contributed by atoms with Crippen molar-refractivity contribution in [3.05, 3.63) is 108 Å². The largest absolute Gasteiger partial charge is 0.298 e. The quantitative estimate of drug-likeness (QED) is 0.583. The number of benzene rings is 2. The molecule has 0 aliphatic rings. The topological polar surface area (TPSA) is 55.6 Å². The summed E-state index contributed by atoms with van der Waals surface area (Å²) in [5, 5.41) is 11.9. The van der Waals surface area contributed by atoms with Crippen molar-refractivity contribution in [1.29, 1.82) is 0 Å². The van der Waals surface area contributed by atoms with E-state index in [0.29, 0.717) is 6.54 Å². The summed E-state index contributed by atoms with van der Waals surface area (Å²) in [6.45, 7) is 0.574. The number of pyridine rings is 1. The van der Waals surface area contributed by atoms with E-state index < -0.39 is 0 Å². The number of nitrogens with zero attached hydrogens (tertiary/aromatic N) is 4. The van der Waals surface area contributed by atoms with Crippen molar-refractivity contribution in [2.24, 2.45) is 0 Å². The van der Waals surface area contributed by atoms with Crippen molar-refractivity contribution in [1.82, 2.24) is 25.1 Å². The van der Waals surface area contributed by atoms with E-state index in [1.54, 1.807) is 6.33 Å². The molecule has 0 saturated heterocycles. The highest BCUT2D eigenvalue weighted by atomic mass is 15.3. The van der Waals surface area contributed by atoms with Crippen LogP contribution < -0.4 is 5.32 Å². The smallest absolute Gasteiger partial charge is 0.151 e. The van der Waals surface area contributed by atoms with Crippen LogP contribution in [0, 0.1) is 0 Å². The van der Waals surface area contributed by atoms with E-state index in [-0.39, 0.29) is 6.04 Å². The summed E-state index contributed by atoms with van der Waals surface area (Å²) in [5.41, 5.74) is 3.19. The molecule has 0 fully saturated rings. The lowest BCUT2D eigenvalue weighted by Gasteiger charge is -2.19. The Balaban J connectivity index is 1.60. The Morgan fingerprint density at radius 2 is 1.58 bits per heavy atom. The lowest BCUT2D eigenvalue weighted by atomic mass is 10.0. The molecule has 26 heavy (non-hydrogen) atoms. The summed E-state index contributed by atoms with van der Waals surface area (Å²) in [4.78, 5) is 4.53. The van der Waals surface area contributed by atoms with Gasteiger partial charge in [-0.25, -0.2) is 0 Å². The predicted octanol–water partition coefficient (Wildman–Crippen LogP) is 3.54. The zero-order valence-electron chi connectivity index (χ0n) is 14.2. The highest BCUT2D eigenvalue weighted by Crippen LogP contribution is 2.20. The highest BCUT2D eigenvalue weighted by Gasteiger charge is 2.16. The summed E-state index contributed by atoms with van der Waals surface area (Å²) >= 11 is 0. The zero-order valence-corrected chi connectivity index (χ0v) is 14.2.